The first kappa shape index (κ1) is 28.7. The van der Waals surface area contributed by atoms with Crippen LogP contribution >= 0.6 is 0 Å². The van der Waals surface area contributed by atoms with Crippen LogP contribution in [0.5, 0.6) is 0 Å². The Labute approximate surface area is 180 Å². The summed E-state index contributed by atoms with van der Waals surface area (Å²) in [4.78, 5) is 23.3. The lowest BCUT2D eigenvalue weighted by atomic mass is 10.1. The fourth-order valence-corrected chi connectivity index (χ4v) is 2.79. The van der Waals surface area contributed by atoms with Gasteiger partial charge in [-0.15, -0.1) is 0 Å². The zero-order valence-electron chi connectivity index (χ0n) is 18.6. The normalized spacial score (nSPS) is 11.5. The first-order chi connectivity index (χ1) is 14.5. The Morgan fingerprint density at radius 3 is 1.63 bits per heavy atom. The summed E-state index contributed by atoms with van der Waals surface area (Å²) >= 11 is 0. The predicted molar refractivity (Wildman–Crippen MR) is 111 cm³/mol. The highest BCUT2D eigenvalue weighted by Crippen LogP contribution is 2.10. The van der Waals surface area contributed by atoms with Crippen LogP contribution in [-0.2, 0) is 23.8 Å². The number of ether oxygens (including phenoxy) is 3. The maximum Gasteiger partial charge on any atom is 0.362 e. The Hall–Kier alpha value is -1.26. The SMILES string of the molecule is CCCCCCCCCCCC(=O)OCCOCCOC(=O)C[N+](CO)(CO)CO. The molecule has 3 N–H and O–H groups in total. The maximum absolute atomic E-state index is 11.6. The van der Waals surface area contributed by atoms with Crippen LogP contribution in [0.1, 0.15) is 71.1 Å². The molecule has 0 aromatic heterocycles. The molecule has 0 spiro atoms. The Morgan fingerprint density at radius 2 is 1.13 bits per heavy atom. The molecule has 0 atom stereocenters. The number of esters is 2. The van der Waals surface area contributed by atoms with Gasteiger partial charge in [0.15, 0.2) is 26.7 Å². The van der Waals surface area contributed by atoms with E-state index in [0.717, 1.165) is 19.3 Å². The number of aliphatic hydroxyl groups is 3. The molecule has 0 radical (unpaired) electrons. The molecule has 0 rings (SSSR count). The average Bonchev–Trinajstić information content (AvgIpc) is 2.75. The number of hydrogen-bond donors (Lipinski definition) is 3. The first-order valence-electron chi connectivity index (χ1n) is 11.1. The molecule has 30 heavy (non-hydrogen) atoms. The molecule has 9 nitrogen and oxygen atoms in total. The Morgan fingerprint density at radius 1 is 0.667 bits per heavy atom. The second-order valence-electron chi connectivity index (χ2n) is 7.56. The van der Waals surface area contributed by atoms with Crippen LogP contribution in [-0.4, -0.2) is 84.9 Å². The van der Waals surface area contributed by atoms with Gasteiger partial charge in [0, 0.05) is 6.42 Å². The third-order valence-corrected chi connectivity index (χ3v) is 4.83. The molecular formula is C21H42NO8+. The van der Waals surface area contributed by atoms with E-state index in [9.17, 15) is 9.59 Å². The second kappa shape index (κ2) is 19.7. The minimum Gasteiger partial charge on any atom is -0.463 e. The molecule has 0 aromatic carbocycles. The Bertz CT molecular complexity index is 421. The van der Waals surface area contributed by atoms with E-state index in [4.69, 9.17) is 29.5 Å². The quantitative estimate of drug-likeness (QED) is 0.107. The molecule has 0 saturated carbocycles. The van der Waals surface area contributed by atoms with Gasteiger partial charge in [-0.05, 0) is 6.42 Å². The minimum atomic E-state index is -0.664. The van der Waals surface area contributed by atoms with E-state index >= 15 is 0 Å². The Balaban J connectivity index is 3.49. The highest BCUT2D eigenvalue weighted by molar-refractivity contribution is 5.70. The lowest BCUT2D eigenvalue weighted by molar-refractivity contribution is -0.970. The number of carbonyl (C=O) groups excluding carboxylic acids is 2. The highest BCUT2D eigenvalue weighted by atomic mass is 16.6. The number of rotatable bonds is 21. The largest absolute Gasteiger partial charge is 0.463 e. The number of unbranched alkanes of at least 4 members (excludes halogenated alkanes) is 8. The van der Waals surface area contributed by atoms with Crippen molar-refractivity contribution in [3.8, 4) is 0 Å². The van der Waals surface area contributed by atoms with Gasteiger partial charge >= 0.3 is 11.9 Å². The summed E-state index contributed by atoms with van der Waals surface area (Å²) in [5.41, 5.74) is 0. The second-order valence-corrected chi connectivity index (χ2v) is 7.56. The van der Waals surface area contributed by atoms with Crippen molar-refractivity contribution in [1.82, 2.24) is 0 Å². The van der Waals surface area contributed by atoms with Crippen LogP contribution < -0.4 is 0 Å². The average molecular weight is 437 g/mol. The molecule has 0 amide bonds. The smallest absolute Gasteiger partial charge is 0.362 e. The topological polar surface area (TPSA) is 123 Å². The van der Waals surface area contributed by atoms with Crippen LogP contribution in [0.25, 0.3) is 0 Å². The maximum atomic E-state index is 11.6. The first-order valence-corrected chi connectivity index (χ1v) is 11.1. The van der Waals surface area contributed by atoms with E-state index in [1.54, 1.807) is 0 Å². The standard InChI is InChI=1S/C21H42NO8/c1-2-3-4-5-6-7-8-9-10-11-20(26)29-14-12-28-13-15-30-21(27)16-22(17-23,18-24)19-25/h23-25H,2-19H2,1H3/q+1. The summed E-state index contributed by atoms with van der Waals surface area (Å²) in [6.07, 6.45) is 11.2. The van der Waals surface area contributed by atoms with E-state index in [1.165, 1.54) is 38.5 Å². The number of aliphatic hydroxyl groups excluding tert-OH is 3. The molecule has 178 valence electrons. The third kappa shape index (κ3) is 15.6. The summed E-state index contributed by atoms with van der Waals surface area (Å²) < 4.78 is 14.7. The van der Waals surface area contributed by atoms with Gasteiger partial charge < -0.3 is 29.5 Å². The van der Waals surface area contributed by atoms with Crippen LogP contribution in [0, 0.1) is 0 Å². The van der Waals surface area contributed by atoms with Crippen LogP contribution in [0.3, 0.4) is 0 Å². The fourth-order valence-electron chi connectivity index (χ4n) is 2.79. The van der Waals surface area contributed by atoms with Crippen LogP contribution in [0.2, 0.25) is 0 Å². The third-order valence-electron chi connectivity index (χ3n) is 4.83. The molecule has 0 heterocycles. The molecule has 9 heteroatoms. The lowest BCUT2D eigenvalue weighted by Gasteiger charge is -2.30. The van der Waals surface area contributed by atoms with Crippen molar-refractivity contribution in [3.63, 3.8) is 0 Å². The molecule has 0 aromatic rings. The van der Waals surface area contributed by atoms with Crippen molar-refractivity contribution < 1.29 is 43.6 Å². The summed E-state index contributed by atoms with van der Waals surface area (Å²) in [6.45, 7) is 0.627. The van der Waals surface area contributed by atoms with E-state index in [0.29, 0.717) is 6.42 Å². The molecule has 0 aliphatic carbocycles. The summed E-state index contributed by atoms with van der Waals surface area (Å²) in [6, 6.07) is 0. The lowest BCUT2D eigenvalue weighted by Crippen LogP contribution is -2.53. The van der Waals surface area contributed by atoms with Gasteiger partial charge in [0.2, 0.25) is 0 Å². The molecule has 0 fully saturated rings. The molecule has 0 aliphatic rings. The molecule has 0 aliphatic heterocycles. The number of carbonyl (C=O) groups is 2. The summed E-state index contributed by atoms with van der Waals surface area (Å²) in [7, 11) is 0. The van der Waals surface area contributed by atoms with Gasteiger partial charge in [0.25, 0.3) is 0 Å². The van der Waals surface area contributed by atoms with Gasteiger partial charge in [-0.2, -0.15) is 0 Å². The van der Waals surface area contributed by atoms with Gasteiger partial charge in [-0.3, -0.25) is 4.79 Å². The number of quaternary nitrogens is 1. The van der Waals surface area contributed by atoms with E-state index in [-0.39, 0.29) is 38.9 Å². The van der Waals surface area contributed by atoms with Crippen molar-refractivity contribution in [2.24, 2.45) is 0 Å². The van der Waals surface area contributed by atoms with E-state index in [1.807, 2.05) is 0 Å². The van der Waals surface area contributed by atoms with Gasteiger partial charge in [-0.1, -0.05) is 58.3 Å². The van der Waals surface area contributed by atoms with Gasteiger partial charge in [0.1, 0.15) is 13.2 Å². The van der Waals surface area contributed by atoms with Crippen molar-refractivity contribution in [1.29, 1.82) is 0 Å². The molecular weight excluding hydrogens is 394 g/mol. The number of hydrogen-bond acceptors (Lipinski definition) is 8. The van der Waals surface area contributed by atoms with Crippen molar-refractivity contribution in [2.45, 2.75) is 71.1 Å². The predicted octanol–water partition coefficient (Wildman–Crippen LogP) is 1.68. The molecule has 0 unspecified atom stereocenters. The monoisotopic (exact) mass is 436 g/mol. The molecule has 0 saturated heterocycles. The summed E-state index contributed by atoms with van der Waals surface area (Å²) in [5, 5.41) is 27.4. The van der Waals surface area contributed by atoms with E-state index < -0.39 is 30.6 Å². The van der Waals surface area contributed by atoms with Crippen molar-refractivity contribution >= 4 is 11.9 Å². The zero-order chi connectivity index (χ0) is 22.5. The fraction of sp³-hybridized carbons (Fsp3) is 0.905. The minimum absolute atomic E-state index is 0.00644. The van der Waals surface area contributed by atoms with E-state index in [2.05, 4.69) is 6.92 Å². The van der Waals surface area contributed by atoms with Crippen molar-refractivity contribution in [3.05, 3.63) is 0 Å². The van der Waals surface area contributed by atoms with Gasteiger partial charge in [0.05, 0.1) is 13.2 Å². The van der Waals surface area contributed by atoms with Crippen LogP contribution in [0.15, 0.2) is 0 Å². The Kier molecular flexibility index (Phi) is 18.9. The zero-order valence-corrected chi connectivity index (χ0v) is 18.6. The number of nitrogens with zero attached hydrogens (tertiary/aromatic N) is 1. The van der Waals surface area contributed by atoms with Gasteiger partial charge in [-0.25, -0.2) is 9.28 Å². The van der Waals surface area contributed by atoms with Crippen molar-refractivity contribution in [2.75, 3.05) is 53.2 Å². The summed E-state index contributed by atoms with van der Waals surface area (Å²) in [5.74, 6) is -0.887. The van der Waals surface area contributed by atoms with Crippen LogP contribution in [0.4, 0.5) is 0 Å². The highest BCUT2D eigenvalue weighted by Gasteiger charge is 2.29. The molecule has 0 bridgehead atoms.